The Morgan fingerprint density at radius 1 is 1.15 bits per heavy atom. The van der Waals surface area contributed by atoms with E-state index in [1.54, 1.807) is 12.1 Å². The smallest absolute Gasteiger partial charge is 0.251 e. The van der Waals surface area contributed by atoms with E-state index in [9.17, 15) is 13.2 Å². The average molecular weight is 391 g/mol. The molecular formula is C19H25N3O4S. The summed E-state index contributed by atoms with van der Waals surface area (Å²) in [6.45, 7) is 5.96. The van der Waals surface area contributed by atoms with Gasteiger partial charge in [-0.05, 0) is 49.7 Å². The Morgan fingerprint density at radius 2 is 1.78 bits per heavy atom. The molecule has 1 aromatic carbocycles. The summed E-state index contributed by atoms with van der Waals surface area (Å²) in [4.78, 5) is 12.6. The molecule has 1 N–H and O–H groups in total. The van der Waals surface area contributed by atoms with E-state index in [-0.39, 0.29) is 10.8 Å². The minimum atomic E-state index is -3.55. The van der Waals surface area contributed by atoms with Crippen LogP contribution in [-0.4, -0.2) is 49.5 Å². The minimum absolute atomic E-state index is 0.190. The van der Waals surface area contributed by atoms with Crippen molar-refractivity contribution in [1.29, 1.82) is 0 Å². The second kappa shape index (κ2) is 7.84. The molecule has 7 nitrogen and oxygen atoms in total. The minimum Gasteiger partial charge on any atom is -0.379 e. The predicted molar refractivity (Wildman–Crippen MR) is 102 cm³/mol. The fraction of sp³-hybridized carbons (Fsp3) is 0.421. The summed E-state index contributed by atoms with van der Waals surface area (Å²) < 4.78 is 33.9. The second-order valence-corrected chi connectivity index (χ2v) is 8.62. The van der Waals surface area contributed by atoms with E-state index in [4.69, 9.17) is 4.74 Å². The van der Waals surface area contributed by atoms with E-state index in [2.05, 4.69) is 9.88 Å². The van der Waals surface area contributed by atoms with Crippen LogP contribution in [0.5, 0.6) is 0 Å². The lowest BCUT2D eigenvalue weighted by molar-refractivity contribution is 0.0730. The number of sulfonamides is 1. The molecule has 2 aromatic rings. The van der Waals surface area contributed by atoms with Crippen molar-refractivity contribution >= 4 is 15.9 Å². The van der Waals surface area contributed by atoms with E-state index < -0.39 is 10.0 Å². The van der Waals surface area contributed by atoms with Gasteiger partial charge in [-0.15, -0.1) is 0 Å². The molecule has 3 rings (SSSR count). The Hall–Kier alpha value is -2.16. The fourth-order valence-corrected chi connectivity index (χ4v) is 4.51. The summed E-state index contributed by atoms with van der Waals surface area (Å²) in [5, 5.41) is 2.89. The molecule has 1 amide bonds. The largest absolute Gasteiger partial charge is 0.379 e. The first-order valence-corrected chi connectivity index (χ1v) is 10.3. The zero-order valence-electron chi connectivity index (χ0n) is 15.9. The van der Waals surface area contributed by atoms with E-state index in [1.165, 1.54) is 16.4 Å². The molecule has 146 valence electrons. The normalized spacial score (nSPS) is 15.7. The summed E-state index contributed by atoms with van der Waals surface area (Å²) in [6.07, 6.45) is 0. The van der Waals surface area contributed by atoms with Crippen LogP contribution in [0.1, 0.15) is 27.3 Å². The Kier molecular flexibility index (Phi) is 5.69. The second-order valence-electron chi connectivity index (χ2n) is 6.68. The van der Waals surface area contributed by atoms with Crippen LogP contribution >= 0.6 is 0 Å². The molecule has 0 atom stereocenters. The molecule has 0 radical (unpaired) electrons. The number of ether oxygens (including phenoxy) is 1. The van der Waals surface area contributed by atoms with Gasteiger partial charge in [0.15, 0.2) is 0 Å². The Labute approximate surface area is 160 Å². The van der Waals surface area contributed by atoms with Gasteiger partial charge in [0.1, 0.15) is 0 Å². The van der Waals surface area contributed by atoms with Crippen LogP contribution in [0.15, 0.2) is 35.2 Å². The number of amides is 1. The van der Waals surface area contributed by atoms with Gasteiger partial charge < -0.3 is 14.6 Å². The van der Waals surface area contributed by atoms with Crippen LogP contribution < -0.4 is 5.32 Å². The third-order valence-corrected chi connectivity index (χ3v) is 6.96. The van der Waals surface area contributed by atoms with Gasteiger partial charge in [-0.25, -0.2) is 8.42 Å². The number of nitrogens with zero attached hydrogens (tertiary/aromatic N) is 2. The van der Waals surface area contributed by atoms with Gasteiger partial charge in [0, 0.05) is 43.6 Å². The van der Waals surface area contributed by atoms with Crippen LogP contribution in [0, 0.1) is 13.8 Å². The number of carbonyl (C=O) groups excluding carboxylic acids is 1. The highest BCUT2D eigenvalue weighted by molar-refractivity contribution is 7.89. The van der Waals surface area contributed by atoms with Gasteiger partial charge in [-0.2, -0.15) is 4.31 Å². The van der Waals surface area contributed by atoms with Gasteiger partial charge in [-0.1, -0.05) is 0 Å². The number of aromatic nitrogens is 1. The molecule has 0 bridgehead atoms. The number of hydrogen-bond acceptors (Lipinski definition) is 4. The van der Waals surface area contributed by atoms with Crippen LogP contribution in [0.25, 0.3) is 0 Å². The topological polar surface area (TPSA) is 80.6 Å². The Bertz CT molecular complexity index is 927. The van der Waals surface area contributed by atoms with Gasteiger partial charge >= 0.3 is 0 Å². The van der Waals surface area contributed by atoms with Crippen molar-refractivity contribution in [2.45, 2.75) is 25.3 Å². The van der Waals surface area contributed by atoms with Crippen molar-refractivity contribution in [3.63, 3.8) is 0 Å². The Balaban J connectivity index is 1.67. The average Bonchev–Trinajstić information content (AvgIpc) is 2.93. The lowest BCUT2D eigenvalue weighted by Gasteiger charge is -2.26. The SMILES string of the molecule is Cc1cc(CNC(=O)c2ccc(S(=O)(=O)N3CCOCC3)cc2)c(C)n1C. The lowest BCUT2D eigenvalue weighted by atomic mass is 10.2. The van der Waals surface area contributed by atoms with Gasteiger partial charge in [-0.3, -0.25) is 4.79 Å². The molecule has 1 fully saturated rings. The van der Waals surface area contributed by atoms with E-state index in [0.717, 1.165) is 17.0 Å². The number of morpholine rings is 1. The summed E-state index contributed by atoms with van der Waals surface area (Å²) in [5.74, 6) is -0.230. The molecule has 1 saturated heterocycles. The molecular weight excluding hydrogens is 366 g/mol. The first-order valence-electron chi connectivity index (χ1n) is 8.88. The standard InChI is InChI=1S/C19H25N3O4S/c1-14-12-17(15(2)21(14)3)13-20-19(23)16-4-6-18(7-5-16)27(24,25)22-8-10-26-11-9-22/h4-7,12H,8-11,13H2,1-3H3,(H,20,23). The van der Waals surface area contributed by atoms with Gasteiger partial charge in [0.25, 0.3) is 5.91 Å². The lowest BCUT2D eigenvalue weighted by Crippen LogP contribution is -2.40. The number of benzene rings is 1. The van der Waals surface area contributed by atoms with Gasteiger partial charge in [0.2, 0.25) is 10.0 Å². The first kappa shape index (κ1) is 19.6. The molecule has 2 heterocycles. The van der Waals surface area contributed by atoms with Crippen molar-refractivity contribution in [3.05, 3.63) is 52.8 Å². The highest BCUT2D eigenvalue weighted by Gasteiger charge is 2.26. The summed E-state index contributed by atoms with van der Waals surface area (Å²) in [6, 6.07) is 8.11. The van der Waals surface area contributed by atoms with Crippen LogP contribution in [0.4, 0.5) is 0 Å². The summed E-state index contributed by atoms with van der Waals surface area (Å²) >= 11 is 0. The summed E-state index contributed by atoms with van der Waals surface area (Å²) in [5.41, 5.74) is 3.74. The van der Waals surface area contributed by atoms with Crippen molar-refractivity contribution in [2.75, 3.05) is 26.3 Å². The molecule has 27 heavy (non-hydrogen) atoms. The van der Waals surface area contributed by atoms with E-state index in [1.807, 2.05) is 27.0 Å². The molecule has 0 spiro atoms. The number of rotatable bonds is 5. The zero-order chi connectivity index (χ0) is 19.6. The van der Waals surface area contributed by atoms with Crippen LogP contribution in [-0.2, 0) is 28.4 Å². The fourth-order valence-electron chi connectivity index (χ4n) is 3.10. The molecule has 1 aromatic heterocycles. The zero-order valence-corrected chi connectivity index (χ0v) is 16.7. The third kappa shape index (κ3) is 4.07. The third-order valence-electron chi connectivity index (χ3n) is 5.04. The maximum absolute atomic E-state index is 12.6. The van der Waals surface area contributed by atoms with Crippen LogP contribution in [0.3, 0.4) is 0 Å². The quantitative estimate of drug-likeness (QED) is 0.839. The van der Waals surface area contributed by atoms with E-state index >= 15 is 0 Å². The molecule has 1 aliphatic rings. The summed E-state index contributed by atoms with van der Waals surface area (Å²) in [7, 11) is -1.56. The number of carbonyl (C=O) groups is 1. The first-order chi connectivity index (χ1) is 12.8. The van der Waals surface area contributed by atoms with Crippen molar-refractivity contribution < 1.29 is 17.9 Å². The highest BCUT2D eigenvalue weighted by atomic mass is 32.2. The molecule has 0 saturated carbocycles. The molecule has 0 unspecified atom stereocenters. The molecule has 0 aliphatic carbocycles. The Morgan fingerprint density at radius 3 is 2.33 bits per heavy atom. The maximum atomic E-state index is 12.6. The van der Waals surface area contributed by atoms with Gasteiger partial charge in [0.05, 0.1) is 18.1 Å². The molecule has 1 aliphatic heterocycles. The maximum Gasteiger partial charge on any atom is 0.251 e. The van der Waals surface area contributed by atoms with E-state index in [0.29, 0.717) is 38.4 Å². The highest BCUT2D eigenvalue weighted by Crippen LogP contribution is 2.18. The van der Waals surface area contributed by atoms with Crippen molar-refractivity contribution in [1.82, 2.24) is 14.2 Å². The predicted octanol–water partition coefficient (Wildman–Crippen LogP) is 1.59. The number of nitrogens with one attached hydrogen (secondary N) is 1. The van der Waals surface area contributed by atoms with Crippen molar-refractivity contribution in [2.24, 2.45) is 7.05 Å². The number of aryl methyl sites for hydroxylation is 1. The molecule has 8 heteroatoms. The van der Waals surface area contributed by atoms with Crippen molar-refractivity contribution in [3.8, 4) is 0 Å². The van der Waals surface area contributed by atoms with Crippen LogP contribution in [0.2, 0.25) is 0 Å². The number of hydrogen-bond donors (Lipinski definition) is 1. The monoisotopic (exact) mass is 391 g/mol.